The van der Waals surface area contributed by atoms with Crippen molar-refractivity contribution in [3.05, 3.63) is 33.0 Å². The van der Waals surface area contributed by atoms with E-state index in [1.807, 2.05) is 11.3 Å². The summed E-state index contributed by atoms with van der Waals surface area (Å²) in [7, 11) is 0. The third-order valence-corrected chi connectivity index (χ3v) is 5.67. The molecule has 0 bridgehead atoms. The zero-order chi connectivity index (χ0) is 15.1. The van der Waals surface area contributed by atoms with Gasteiger partial charge >= 0.3 is 0 Å². The number of ether oxygens (including phenoxy) is 1. The van der Waals surface area contributed by atoms with Gasteiger partial charge in [0.25, 0.3) is 0 Å². The van der Waals surface area contributed by atoms with Crippen LogP contribution in [0.25, 0.3) is 0 Å². The van der Waals surface area contributed by atoms with Gasteiger partial charge in [0.15, 0.2) is 0 Å². The highest BCUT2D eigenvalue weighted by molar-refractivity contribution is 7.09. The first kappa shape index (κ1) is 14.4. The highest BCUT2D eigenvalue weighted by Gasteiger charge is 2.30. The smallest absolute Gasteiger partial charge is 0.0959 e. The molecule has 0 radical (unpaired) electrons. The van der Waals surface area contributed by atoms with Crippen molar-refractivity contribution in [1.82, 2.24) is 20.1 Å². The van der Waals surface area contributed by atoms with Gasteiger partial charge in [-0.05, 0) is 26.7 Å². The molecule has 1 aliphatic heterocycles. The highest BCUT2D eigenvalue weighted by Crippen LogP contribution is 2.41. The Labute approximate surface area is 134 Å². The van der Waals surface area contributed by atoms with E-state index in [2.05, 4.69) is 34.3 Å². The summed E-state index contributed by atoms with van der Waals surface area (Å²) in [5, 5.41) is 11.0. The van der Waals surface area contributed by atoms with Crippen LogP contribution in [0.4, 0.5) is 0 Å². The third kappa shape index (κ3) is 2.71. The zero-order valence-electron chi connectivity index (χ0n) is 13.1. The number of hydrogen-bond donors (Lipinski definition) is 1. The fraction of sp³-hybridized carbons (Fsp3) is 0.625. The summed E-state index contributed by atoms with van der Waals surface area (Å²) < 4.78 is 5.74. The fourth-order valence-corrected chi connectivity index (χ4v) is 4.25. The molecule has 1 saturated heterocycles. The Balaban J connectivity index is 1.55. The number of rotatable bonds is 4. The van der Waals surface area contributed by atoms with Gasteiger partial charge in [0.2, 0.25) is 0 Å². The molecule has 6 heteroatoms. The Morgan fingerprint density at radius 3 is 3.00 bits per heavy atom. The summed E-state index contributed by atoms with van der Waals surface area (Å²) in [5.74, 6) is 0.748. The molecule has 1 N–H and O–H groups in total. The van der Waals surface area contributed by atoms with Crippen LogP contribution in [0.5, 0.6) is 0 Å². The molecule has 5 nitrogen and oxygen atoms in total. The minimum Gasteiger partial charge on any atom is -0.378 e. The molecule has 2 fully saturated rings. The lowest BCUT2D eigenvalue weighted by atomic mass is 10.0. The Hall–Kier alpha value is -1.24. The molecule has 0 spiro atoms. The first-order valence-corrected chi connectivity index (χ1v) is 8.88. The maximum Gasteiger partial charge on any atom is 0.0959 e. The first-order valence-electron chi connectivity index (χ1n) is 8.00. The Kier molecular flexibility index (Phi) is 3.76. The quantitative estimate of drug-likeness (QED) is 0.942. The summed E-state index contributed by atoms with van der Waals surface area (Å²) in [6.45, 7) is 7.55. The molecule has 2 aromatic heterocycles. The molecule has 4 rings (SSSR count). The van der Waals surface area contributed by atoms with Crippen molar-refractivity contribution >= 4 is 11.3 Å². The molecular weight excluding hydrogens is 296 g/mol. The van der Waals surface area contributed by atoms with Gasteiger partial charge in [0.05, 0.1) is 35.7 Å². The van der Waals surface area contributed by atoms with Crippen LogP contribution in [-0.4, -0.2) is 39.8 Å². The third-order valence-electron chi connectivity index (χ3n) is 4.62. The molecule has 118 valence electrons. The van der Waals surface area contributed by atoms with Crippen LogP contribution < -0.4 is 0 Å². The molecule has 0 amide bonds. The fourth-order valence-electron chi connectivity index (χ4n) is 3.26. The van der Waals surface area contributed by atoms with Crippen molar-refractivity contribution in [2.45, 2.75) is 45.2 Å². The highest BCUT2D eigenvalue weighted by atomic mass is 32.1. The molecule has 22 heavy (non-hydrogen) atoms. The lowest BCUT2D eigenvalue weighted by Gasteiger charge is -2.35. The summed E-state index contributed by atoms with van der Waals surface area (Å²) in [6, 6.07) is 0.276. The van der Waals surface area contributed by atoms with E-state index in [4.69, 9.17) is 9.72 Å². The number of H-pyrrole nitrogens is 1. The van der Waals surface area contributed by atoms with E-state index in [1.54, 1.807) is 0 Å². The van der Waals surface area contributed by atoms with Crippen LogP contribution in [0.15, 0.2) is 5.38 Å². The number of nitrogens with one attached hydrogen (secondary N) is 1. The Morgan fingerprint density at radius 1 is 1.41 bits per heavy atom. The van der Waals surface area contributed by atoms with Gasteiger partial charge in [0, 0.05) is 35.6 Å². The minimum absolute atomic E-state index is 0.276. The van der Waals surface area contributed by atoms with Crippen LogP contribution in [0.2, 0.25) is 0 Å². The molecule has 1 atom stereocenters. The summed E-state index contributed by atoms with van der Waals surface area (Å²) in [5.41, 5.74) is 4.72. The Bertz CT molecular complexity index is 641. The average molecular weight is 318 g/mol. The van der Waals surface area contributed by atoms with Crippen molar-refractivity contribution in [3.63, 3.8) is 0 Å². The maximum atomic E-state index is 5.74. The normalized spacial score (nSPS) is 23.1. The number of nitrogens with zero attached hydrogens (tertiary/aromatic N) is 3. The molecule has 1 unspecified atom stereocenters. The Morgan fingerprint density at radius 2 is 2.27 bits per heavy atom. The van der Waals surface area contributed by atoms with Crippen molar-refractivity contribution < 1.29 is 4.74 Å². The molecular formula is C16H22N4OS. The van der Waals surface area contributed by atoms with Gasteiger partial charge in [-0.15, -0.1) is 11.3 Å². The minimum atomic E-state index is 0.276. The van der Waals surface area contributed by atoms with Crippen molar-refractivity contribution in [2.75, 3.05) is 19.8 Å². The second kappa shape index (κ2) is 5.76. The topological polar surface area (TPSA) is 54.0 Å². The summed E-state index contributed by atoms with van der Waals surface area (Å²) in [6.07, 6.45) is 2.64. The van der Waals surface area contributed by atoms with Crippen LogP contribution in [0, 0.1) is 13.8 Å². The van der Waals surface area contributed by atoms with E-state index < -0.39 is 0 Å². The van der Waals surface area contributed by atoms with Gasteiger partial charge in [-0.3, -0.25) is 10.00 Å². The van der Waals surface area contributed by atoms with Crippen LogP contribution in [-0.2, 0) is 11.3 Å². The van der Waals surface area contributed by atoms with Gasteiger partial charge in [-0.25, -0.2) is 4.98 Å². The van der Waals surface area contributed by atoms with Crippen molar-refractivity contribution in [2.24, 2.45) is 0 Å². The summed E-state index contributed by atoms with van der Waals surface area (Å²) in [4.78, 5) is 7.33. The van der Waals surface area contributed by atoms with E-state index in [9.17, 15) is 0 Å². The van der Waals surface area contributed by atoms with Gasteiger partial charge in [0.1, 0.15) is 0 Å². The monoisotopic (exact) mass is 318 g/mol. The zero-order valence-corrected chi connectivity index (χ0v) is 13.9. The molecule has 1 saturated carbocycles. The van der Waals surface area contributed by atoms with Gasteiger partial charge in [-0.1, -0.05) is 0 Å². The van der Waals surface area contributed by atoms with Crippen molar-refractivity contribution in [1.29, 1.82) is 0 Å². The molecule has 2 aromatic rings. The number of aromatic amines is 1. The largest absolute Gasteiger partial charge is 0.378 e. The van der Waals surface area contributed by atoms with E-state index in [1.165, 1.54) is 29.1 Å². The number of hydrogen-bond acceptors (Lipinski definition) is 5. The lowest BCUT2D eigenvalue weighted by molar-refractivity contribution is -0.0136. The van der Waals surface area contributed by atoms with E-state index in [0.29, 0.717) is 0 Å². The molecule has 0 aromatic carbocycles. The standard InChI is InChI=1S/C16H22N4OS/c1-10-15(11(2)19-18-10)14-8-21-6-5-20(14)7-13-9-22-16(17-13)12-3-4-12/h9,12,14H,3-8H2,1-2H3,(H,18,19). The average Bonchev–Trinajstić information content (AvgIpc) is 3.18. The van der Waals surface area contributed by atoms with Gasteiger partial charge < -0.3 is 4.74 Å². The first-order chi connectivity index (χ1) is 10.7. The molecule has 3 heterocycles. The second-order valence-electron chi connectivity index (χ2n) is 6.36. The number of aromatic nitrogens is 3. The van der Waals surface area contributed by atoms with E-state index in [-0.39, 0.29) is 6.04 Å². The van der Waals surface area contributed by atoms with E-state index in [0.717, 1.165) is 43.6 Å². The lowest BCUT2D eigenvalue weighted by Crippen LogP contribution is -2.39. The van der Waals surface area contributed by atoms with Crippen LogP contribution in [0.1, 0.15) is 52.5 Å². The van der Waals surface area contributed by atoms with Gasteiger partial charge in [-0.2, -0.15) is 5.10 Å². The number of aryl methyl sites for hydroxylation is 2. The maximum absolute atomic E-state index is 5.74. The SMILES string of the molecule is Cc1n[nH]c(C)c1C1COCCN1Cc1csc(C2CC2)n1. The van der Waals surface area contributed by atoms with E-state index >= 15 is 0 Å². The molecule has 2 aliphatic rings. The van der Waals surface area contributed by atoms with Crippen molar-refractivity contribution in [3.8, 4) is 0 Å². The molecule has 1 aliphatic carbocycles. The summed E-state index contributed by atoms with van der Waals surface area (Å²) >= 11 is 1.83. The number of thiazole rings is 1. The number of morpholine rings is 1. The van der Waals surface area contributed by atoms with Crippen LogP contribution in [0.3, 0.4) is 0 Å². The van der Waals surface area contributed by atoms with Crippen LogP contribution >= 0.6 is 11.3 Å². The predicted molar refractivity (Wildman–Crippen MR) is 86.1 cm³/mol. The predicted octanol–water partition coefficient (Wildman–Crippen LogP) is 2.93. The second-order valence-corrected chi connectivity index (χ2v) is 7.25.